The molecule has 0 bridgehead atoms. The van der Waals surface area contributed by atoms with Gasteiger partial charge in [0.05, 0.1) is 0 Å². The third-order valence-corrected chi connectivity index (χ3v) is 8.21. The van der Waals surface area contributed by atoms with E-state index in [1.807, 2.05) is 0 Å². The molecule has 0 saturated heterocycles. The number of nitrogens with two attached hydrogens (primary N) is 1. The number of carbonyl (C=O) groups excluding carboxylic acids is 1. The smallest absolute Gasteiger partial charge is 0.224 e. The molecule has 1 amide bonds. The van der Waals surface area contributed by atoms with Crippen LogP contribution in [-0.4, -0.2) is 43.5 Å². The predicted octanol–water partition coefficient (Wildman–Crippen LogP) is 3.53. The van der Waals surface area contributed by atoms with Gasteiger partial charge in [0.2, 0.25) is 5.91 Å². The third-order valence-electron chi connectivity index (χ3n) is 5.64. The highest BCUT2D eigenvalue weighted by Crippen LogP contribution is 2.57. The first-order valence-corrected chi connectivity index (χ1v) is 10.8. The standard InChI is InChI=1S/C19H29FN4O3S/c1-18(2)17(21)23-19(3,11-24(4)28(18,26)27)14-10-13(7-8-15(14)20)22-16(25)9-12-5-6-12/h7-8,10,12,26-27H,5-6,9,11H2,1-4H3,(H2,21,23)(H,22,25)/t19-/m0/s1. The van der Waals surface area contributed by atoms with Gasteiger partial charge in [0, 0.05) is 31.3 Å². The molecule has 1 aromatic carbocycles. The molecule has 9 heteroatoms. The Bertz CT molecular complexity index is 825. The Kier molecular flexibility index (Phi) is 5.24. The summed E-state index contributed by atoms with van der Waals surface area (Å²) in [6.45, 7) is 4.96. The number of carbonyl (C=O) groups is 1. The minimum Gasteiger partial charge on any atom is -0.386 e. The number of anilines is 1. The van der Waals surface area contributed by atoms with E-state index in [-0.39, 0.29) is 23.9 Å². The first kappa shape index (κ1) is 21.0. The third kappa shape index (κ3) is 3.76. The molecule has 1 atom stereocenters. The van der Waals surface area contributed by atoms with Crippen molar-refractivity contribution in [1.82, 2.24) is 4.31 Å². The van der Waals surface area contributed by atoms with Crippen LogP contribution in [0.1, 0.15) is 45.6 Å². The summed E-state index contributed by atoms with van der Waals surface area (Å²) in [5.41, 5.74) is 5.69. The zero-order valence-electron chi connectivity index (χ0n) is 16.7. The Morgan fingerprint density at radius 2 is 2.04 bits per heavy atom. The molecule has 1 saturated carbocycles. The lowest BCUT2D eigenvalue weighted by Crippen LogP contribution is -2.46. The van der Waals surface area contributed by atoms with Crippen molar-refractivity contribution >= 4 is 28.2 Å². The van der Waals surface area contributed by atoms with E-state index < -0.39 is 26.9 Å². The van der Waals surface area contributed by atoms with Gasteiger partial charge in [-0.15, -0.1) is 10.8 Å². The van der Waals surface area contributed by atoms with Crippen LogP contribution in [0.15, 0.2) is 23.2 Å². The predicted molar refractivity (Wildman–Crippen MR) is 111 cm³/mol. The maximum atomic E-state index is 14.8. The second-order valence-electron chi connectivity index (χ2n) is 8.48. The molecular formula is C19H29FN4O3S. The van der Waals surface area contributed by atoms with E-state index in [4.69, 9.17) is 5.73 Å². The number of aliphatic imine (C=N–C) groups is 1. The number of hydrogen-bond acceptors (Lipinski definition) is 6. The monoisotopic (exact) mass is 412 g/mol. The average molecular weight is 413 g/mol. The second-order valence-corrected chi connectivity index (χ2v) is 11.2. The van der Waals surface area contributed by atoms with Crippen LogP contribution in [-0.2, 0) is 10.3 Å². The number of nitrogens with one attached hydrogen (secondary N) is 1. The van der Waals surface area contributed by atoms with Gasteiger partial charge in [-0.25, -0.2) is 8.70 Å². The lowest BCUT2D eigenvalue weighted by molar-refractivity contribution is -0.116. The fourth-order valence-electron chi connectivity index (χ4n) is 3.45. The molecule has 156 valence electrons. The van der Waals surface area contributed by atoms with Crippen LogP contribution in [0.4, 0.5) is 10.1 Å². The maximum absolute atomic E-state index is 14.8. The molecule has 0 unspecified atom stereocenters. The van der Waals surface area contributed by atoms with Crippen molar-refractivity contribution in [2.45, 2.75) is 50.3 Å². The van der Waals surface area contributed by atoms with Crippen LogP contribution in [0.5, 0.6) is 0 Å². The van der Waals surface area contributed by atoms with Crippen LogP contribution in [0, 0.1) is 11.7 Å². The van der Waals surface area contributed by atoms with E-state index in [1.165, 1.54) is 16.4 Å². The van der Waals surface area contributed by atoms with E-state index in [1.54, 1.807) is 33.9 Å². The minimum absolute atomic E-state index is 0.0434. The van der Waals surface area contributed by atoms with Gasteiger partial charge < -0.3 is 11.1 Å². The van der Waals surface area contributed by atoms with Crippen molar-refractivity contribution in [2.75, 3.05) is 18.9 Å². The molecule has 1 aliphatic carbocycles. The van der Waals surface area contributed by atoms with Crippen molar-refractivity contribution in [1.29, 1.82) is 0 Å². The zero-order valence-corrected chi connectivity index (χ0v) is 17.5. The van der Waals surface area contributed by atoms with Gasteiger partial charge in [-0.3, -0.25) is 18.9 Å². The number of nitrogens with zero attached hydrogens (tertiary/aromatic N) is 2. The minimum atomic E-state index is -3.27. The number of benzene rings is 1. The van der Waals surface area contributed by atoms with E-state index in [0.29, 0.717) is 18.0 Å². The number of amidine groups is 1. The number of hydrogen-bond donors (Lipinski definition) is 4. The molecule has 1 heterocycles. The lowest BCUT2D eigenvalue weighted by Gasteiger charge is -2.50. The van der Waals surface area contributed by atoms with Gasteiger partial charge >= 0.3 is 0 Å². The molecule has 3 rings (SSSR count). The summed E-state index contributed by atoms with van der Waals surface area (Å²) >= 11 is 0. The highest BCUT2D eigenvalue weighted by molar-refractivity contribution is 8.24. The molecule has 7 nitrogen and oxygen atoms in total. The SMILES string of the molecule is CN1C[C@@](C)(c2cc(NC(=O)CC3CC3)ccc2F)N=C(N)C(C)(C)S1(O)O. The van der Waals surface area contributed by atoms with Crippen LogP contribution >= 0.6 is 10.8 Å². The maximum Gasteiger partial charge on any atom is 0.224 e. The highest BCUT2D eigenvalue weighted by Gasteiger charge is 2.48. The van der Waals surface area contributed by atoms with E-state index in [9.17, 15) is 18.3 Å². The fraction of sp³-hybridized carbons (Fsp3) is 0.579. The molecule has 0 spiro atoms. The molecule has 5 N–H and O–H groups in total. The van der Waals surface area contributed by atoms with Crippen LogP contribution in [0.25, 0.3) is 0 Å². The normalized spacial score (nSPS) is 28.2. The molecule has 1 fully saturated rings. The Balaban J connectivity index is 1.97. The Labute approximate surface area is 166 Å². The highest BCUT2D eigenvalue weighted by atomic mass is 32.3. The van der Waals surface area contributed by atoms with Crippen molar-refractivity contribution in [3.05, 3.63) is 29.6 Å². The summed E-state index contributed by atoms with van der Waals surface area (Å²) in [7, 11) is -1.71. The van der Waals surface area contributed by atoms with Gasteiger partial charge in [0.1, 0.15) is 21.9 Å². The Morgan fingerprint density at radius 3 is 2.64 bits per heavy atom. The molecular weight excluding hydrogens is 383 g/mol. The van der Waals surface area contributed by atoms with Gasteiger partial charge in [-0.05, 0) is 57.7 Å². The second kappa shape index (κ2) is 6.98. The summed E-state index contributed by atoms with van der Waals surface area (Å²) in [5, 5.41) is 2.82. The molecule has 1 aromatic rings. The van der Waals surface area contributed by atoms with Crippen LogP contribution < -0.4 is 11.1 Å². The molecule has 0 aromatic heterocycles. The van der Waals surface area contributed by atoms with E-state index in [0.717, 1.165) is 12.8 Å². The number of amides is 1. The van der Waals surface area contributed by atoms with Gasteiger partial charge in [-0.1, -0.05) is 0 Å². The van der Waals surface area contributed by atoms with Crippen molar-refractivity contribution in [3.8, 4) is 0 Å². The number of likely N-dealkylation sites (N-methyl/N-ethyl adjacent to an activating group) is 1. The fourth-order valence-corrected chi connectivity index (χ4v) is 4.98. The van der Waals surface area contributed by atoms with Gasteiger partial charge in [0.15, 0.2) is 0 Å². The van der Waals surface area contributed by atoms with Crippen molar-refractivity contribution in [3.63, 3.8) is 0 Å². The van der Waals surface area contributed by atoms with Crippen molar-refractivity contribution < 1.29 is 18.3 Å². The first-order valence-electron chi connectivity index (χ1n) is 9.31. The van der Waals surface area contributed by atoms with Gasteiger partial charge in [0.25, 0.3) is 0 Å². The topological polar surface area (TPSA) is 111 Å². The summed E-state index contributed by atoms with van der Waals surface area (Å²) in [6.07, 6.45) is 2.61. The van der Waals surface area contributed by atoms with Crippen LogP contribution in [0.2, 0.25) is 0 Å². The summed E-state index contributed by atoms with van der Waals surface area (Å²) in [5.74, 6) is -0.1000. The Hall–Kier alpha value is -1.68. The van der Waals surface area contributed by atoms with E-state index >= 15 is 0 Å². The number of halogens is 1. The lowest BCUT2D eigenvalue weighted by atomic mass is 9.91. The summed E-state index contributed by atoms with van der Waals surface area (Å²) < 4.78 is 36.3. The average Bonchev–Trinajstić information content (AvgIpc) is 3.39. The molecule has 28 heavy (non-hydrogen) atoms. The summed E-state index contributed by atoms with van der Waals surface area (Å²) in [6, 6.07) is 4.35. The van der Waals surface area contributed by atoms with Gasteiger partial charge in [-0.2, -0.15) is 0 Å². The van der Waals surface area contributed by atoms with Crippen molar-refractivity contribution in [2.24, 2.45) is 16.6 Å². The zero-order chi connectivity index (χ0) is 20.9. The summed E-state index contributed by atoms with van der Waals surface area (Å²) in [4.78, 5) is 16.6. The first-order chi connectivity index (χ1) is 12.9. The quantitative estimate of drug-likeness (QED) is 0.605. The number of rotatable bonds is 4. The Morgan fingerprint density at radius 1 is 1.39 bits per heavy atom. The van der Waals surface area contributed by atoms with Crippen LogP contribution in [0.3, 0.4) is 0 Å². The van der Waals surface area contributed by atoms with E-state index in [2.05, 4.69) is 10.3 Å². The largest absolute Gasteiger partial charge is 0.386 e. The molecule has 0 radical (unpaired) electrons. The molecule has 2 aliphatic rings. The molecule has 1 aliphatic heterocycles.